The molecule has 0 aliphatic heterocycles. The average molecular weight is 320 g/mol. The van der Waals surface area contributed by atoms with E-state index >= 15 is 0 Å². The van der Waals surface area contributed by atoms with Gasteiger partial charge in [0.2, 0.25) is 5.43 Å². The minimum Gasteiger partial charge on any atom is -0.477 e. The Hall–Kier alpha value is -2.41. The van der Waals surface area contributed by atoms with Gasteiger partial charge in [0, 0.05) is 23.7 Å². The quantitative estimate of drug-likeness (QED) is 0.783. The summed E-state index contributed by atoms with van der Waals surface area (Å²) in [7, 11) is 0. The number of aromatic nitrogens is 1. The minimum atomic E-state index is -1.32. The number of aromatic carboxylic acids is 1. The van der Waals surface area contributed by atoms with Gasteiger partial charge in [-0.1, -0.05) is 0 Å². The predicted molar refractivity (Wildman–Crippen MR) is 83.6 cm³/mol. The lowest BCUT2D eigenvalue weighted by molar-refractivity contribution is 0.0695. The van der Waals surface area contributed by atoms with E-state index in [2.05, 4.69) is 5.32 Å². The van der Waals surface area contributed by atoms with Crippen molar-refractivity contribution < 1.29 is 19.4 Å². The number of nitrogens with zero attached hydrogens (tertiary/aromatic N) is 1. The zero-order valence-electron chi connectivity index (χ0n) is 12.5. The third-order valence-electron chi connectivity index (χ3n) is 3.97. The summed E-state index contributed by atoms with van der Waals surface area (Å²) in [6.07, 6.45) is 3.12. The Morgan fingerprint density at radius 2 is 2.17 bits per heavy atom. The number of pyridine rings is 1. The lowest BCUT2D eigenvalue weighted by Crippen LogP contribution is -2.22. The Kier molecular flexibility index (Phi) is 3.81. The molecule has 23 heavy (non-hydrogen) atoms. The number of benzene rings is 1. The van der Waals surface area contributed by atoms with Crippen LogP contribution in [-0.4, -0.2) is 33.4 Å². The monoisotopic (exact) mass is 320 g/mol. The van der Waals surface area contributed by atoms with E-state index in [-0.39, 0.29) is 35.3 Å². The molecule has 1 saturated carbocycles. The van der Waals surface area contributed by atoms with Gasteiger partial charge in [-0.2, -0.15) is 0 Å². The maximum Gasteiger partial charge on any atom is 0.341 e. The summed E-state index contributed by atoms with van der Waals surface area (Å²) in [5.41, 5.74) is -0.370. The first-order valence-electron chi connectivity index (χ1n) is 7.41. The second-order valence-corrected chi connectivity index (χ2v) is 5.89. The van der Waals surface area contributed by atoms with Crippen LogP contribution in [0.3, 0.4) is 0 Å². The molecule has 7 heteroatoms. The fourth-order valence-electron chi connectivity index (χ4n) is 2.60. The van der Waals surface area contributed by atoms with E-state index < -0.39 is 17.2 Å². The molecule has 0 bridgehead atoms. The van der Waals surface area contributed by atoms with Crippen molar-refractivity contribution in [2.75, 3.05) is 11.9 Å². The largest absolute Gasteiger partial charge is 0.477 e. The number of aliphatic hydroxyl groups excluding tert-OH is 1. The first kappa shape index (κ1) is 15.5. The van der Waals surface area contributed by atoms with E-state index in [0.29, 0.717) is 5.52 Å². The van der Waals surface area contributed by atoms with Crippen LogP contribution < -0.4 is 10.7 Å². The van der Waals surface area contributed by atoms with Gasteiger partial charge >= 0.3 is 5.97 Å². The number of carboxylic acids is 1. The van der Waals surface area contributed by atoms with Crippen molar-refractivity contribution in [1.82, 2.24) is 4.57 Å². The Bertz CT molecular complexity index is 842. The Balaban J connectivity index is 2.25. The van der Waals surface area contributed by atoms with Crippen LogP contribution in [0.5, 0.6) is 0 Å². The molecule has 6 nitrogen and oxygen atoms in total. The van der Waals surface area contributed by atoms with Gasteiger partial charge in [0.25, 0.3) is 0 Å². The van der Waals surface area contributed by atoms with Gasteiger partial charge in [-0.15, -0.1) is 0 Å². The van der Waals surface area contributed by atoms with Crippen molar-refractivity contribution in [3.05, 3.63) is 39.9 Å². The molecule has 3 N–H and O–H groups in total. The number of fused-ring (bicyclic) bond motifs is 1. The molecule has 0 unspecified atom stereocenters. The maximum atomic E-state index is 14.2. The van der Waals surface area contributed by atoms with Gasteiger partial charge in [0.1, 0.15) is 11.4 Å². The first-order valence-corrected chi connectivity index (χ1v) is 7.41. The summed E-state index contributed by atoms with van der Waals surface area (Å²) in [6.45, 7) is 1.54. The van der Waals surface area contributed by atoms with Gasteiger partial charge in [-0.3, -0.25) is 4.79 Å². The van der Waals surface area contributed by atoms with Crippen LogP contribution >= 0.6 is 0 Å². The van der Waals surface area contributed by atoms with E-state index in [9.17, 15) is 19.1 Å². The van der Waals surface area contributed by atoms with E-state index in [1.807, 2.05) is 0 Å². The van der Waals surface area contributed by atoms with Gasteiger partial charge in [-0.25, -0.2) is 9.18 Å². The van der Waals surface area contributed by atoms with Crippen molar-refractivity contribution in [3.63, 3.8) is 0 Å². The van der Waals surface area contributed by atoms with Crippen LogP contribution in [0.15, 0.2) is 23.1 Å². The molecule has 1 aliphatic carbocycles. The summed E-state index contributed by atoms with van der Waals surface area (Å²) < 4.78 is 16.0. The molecule has 1 aromatic carbocycles. The SMILES string of the molecule is C[C@@H](CO)Nc1cc2c(cc1F)c(=O)c(C(=O)O)cn2C1CC1. The highest BCUT2D eigenvalue weighted by Crippen LogP contribution is 2.37. The topological polar surface area (TPSA) is 91.6 Å². The molecular formula is C16H17FN2O4. The number of nitrogens with one attached hydrogen (secondary N) is 1. The molecule has 0 spiro atoms. The molecule has 0 radical (unpaired) electrons. The maximum absolute atomic E-state index is 14.2. The lowest BCUT2D eigenvalue weighted by Gasteiger charge is -2.16. The molecule has 122 valence electrons. The number of halogens is 1. The molecule has 1 aliphatic rings. The summed E-state index contributed by atoms with van der Waals surface area (Å²) >= 11 is 0. The van der Waals surface area contributed by atoms with E-state index in [4.69, 9.17) is 5.11 Å². The summed E-state index contributed by atoms with van der Waals surface area (Å²) in [5.74, 6) is -1.97. The molecule has 1 heterocycles. The van der Waals surface area contributed by atoms with Gasteiger partial charge in [-0.05, 0) is 31.9 Å². The number of aliphatic hydroxyl groups is 1. The van der Waals surface area contributed by atoms with Crippen molar-refractivity contribution in [3.8, 4) is 0 Å². The molecule has 1 fully saturated rings. The van der Waals surface area contributed by atoms with Crippen LogP contribution in [0.2, 0.25) is 0 Å². The van der Waals surface area contributed by atoms with E-state index in [1.165, 1.54) is 12.3 Å². The Morgan fingerprint density at radius 1 is 1.48 bits per heavy atom. The van der Waals surface area contributed by atoms with Crippen LogP contribution in [-0.2, 0) is 0 Å². The number of carbonyl (C=O) groups is 1. The number of rotatable bonds is 5. The lowest BCUT2D eigenvalue weighted by atomic mass is 10.1. The van der Waals surface area contributed by atoms with Crippen molar-refractivity contribution in [2.45, 2.75) is 31.8 Å². The summed E-state index contributed by atoms with van der Waals surface area (Å²) in [4.78, 5) is 23.5. The molecular weight excluding hydrogens is 303 g/mol. The highest BCUT2D eigenvalue weighted by molar-refractivity contribution is 5.93. The van der Waals surface area contributed by atoms with Crippen LogP contribution in [0.25, 0.3) is 10.9 Å². The second kappa shape index (κ2) is 5.66. The zero-order valence-corrected chi connectivity index (χ0v) is 12.5. The average Bonchev–Trinajstić information content (AvgIpc) is 3.33. The number of carboxylic acid groups (broad SMARTS) is 1. The third kappa shape index (κ3) is 2.79. The summed E-state index contributed by atoms with van der Waals surface area (Å²) in [6, 6.07) is 2.35. The standard InChI is InChI=1S/C16H17FN2O4/c1-8(7-20)18-13-5-14-10(4-12(13)17)15(21)11(16(22)23)6-19(14)9-2-3-9/h4-6,8-9,18,20H,2-3,7H2,1H3,(H,22,23)/t8-/m0/s1. The summed E-state index contributed by atoms with van der Waals surface area (Å²) in [5, 5.41) is 21.2. The molecule has 2 aromatic rings. The van der Waals surface area contributed by atoms with Crippen LogP contribution in [0.4, 0.5) is 10.1 Å². The van der Waals surface area contributed by atoms with Gasteiger partial charge in [0.05, 0.1) is 17.8 Å². The van der Waals surface area contributed by atoms with Crippen molar-refractivity contribution in [1.29, 1.82) is 0 Å². The number of hydrogen-bond donors (Lipinski definition) is 3. The Morgan fingerprint density at radius 3 is 2.74 bits per heavy atom. The molecule has 0 amide bonds. The fraction of sp³-hybridized carbons (Fsp3) is 0.375. The van der Waals surface area contributed by atoms with Crippen molar-refractivity contribution >= 4 is 22.6 Å². The Labute approximate surface area is 131 Å². The predicted octanol–water partition coefficient (Wildman–Crippen LogP) is 1.97. The molecule has 3 rings (SSSR count). The highest BCUT2D eigenvalue weighted by Gasteiger charge is 2.27. The molecule has 0 saturated heterocycles. The fourth-order valence-corrected chi connectivity index (χ4v) is 2.60. The molecule has 1 aromatic heterocycles. The minimum absolute atomic E-state index is 0.0523. The third-order valence-corrected chi connectivity index (χ3v) is 3.97. The first-order chi connectivity index (χ1) is 10.9. The highest BCUT2D eigenvalue weighted by atomic mass is 19.1. The van der Waals surface area contributed by atoms with E-state index in [0.717, 1.165) is 18.9 Å². The smallest absolute Gasteiger partial charge is 0.341 e. The van der Waals surface area contributed by atoms with Gasteiger partial charge < -0.3 is 20.1 Å². The number of hydrogen-bond acceptors (Lipinski definition) is 4. The van der Waals surface area contributed by atoms with E-state index in [1.54, 1.807) is 11.5 Å². The van der Waals surface area contributed by atoms with Crippen molar-refractivity contribution in [2.24, 2.45) is 0 Å². The molecule has 1 atom stereocenters. The van der Waals surface area contributed by atoms with Gasteiger partial charge in [0.15, 0.2) is 0 Å². The number of anilines is 1. The normalized spacial score (nSPS) is 15.6. The van der Waals surface area contributed by atoms with Crippen LogP contribution in [0, 0.1) is 5.82 Å². The second-order valence-electron chi connectivity index (χ2n) is 5.89. The van der Waals surface area contributed by atoms with Crippen LogP contribution in [0.1, 0.15) is 36.2 Å². The zero-order chi connectivity index (χ0) is 16.7.